The van der Waals surface area contributed by atoms with E-state index in [4.69, 9.17) is 4.74 Å². The predicted molar refractivity (Wildman–Crippen MR) is 101 cm³/mol. The van der Waals surface area contributed by atoms with Crippen molar-refractivity contribution in [3.63, 3.8) is 0 Å². The molecule has 1 unspecified atom stereocenters. The minimum atomic E-state index is -4.42. The number of halogens is 3. The van der Waals surface area contributed by atoms with Gasteiger partial charge in [-0.15, -0.1) is 0 Å². The zero-order valence-electron chi connectivity index (χ0n) is 16.5. The number of carbonyl (C=O) groups excluding carboxylic acids is 2. The van der Waals surface area contributed by atoms with Crippen molar-refractivity contribution in [1.82, 2.24) is 10.2 Å². The summed E-state index contributed by atoms with van der Waals surface area (Å²) in [6, 6.07) is 3.38. The summed E-state index contributed by atoms with van der Waals surface area (Å²) < 4.78 is 43.6. The first kappa shape index (κ1) is 21.0. The molecular formula is C21H23F3N2O3. The monoisotopic (exact) mass is 408 g/mol. The average molecular weight is 408 g/mol. The van der Waals surface area contributed by atoms with Gasteiger partial charge >= 0.3 is 12.3 Å². The maximum Gasteiger partial charge on any atom is 0.412 e. The standard InChI is InChI=1S/C21H23F3N2O3/c1-20(2,3)29-19(28)26-9-8-13-4-5-14(10-16(13)12-26)18(27)15-6-7-17(25-11-15)21(22,23)24/h4-7,10-11,17,25H,8-9,12H2,1-3H3. The second-order valence-corrected chi connectivity index (χ2v) is 8.11. The highest BCUT2D eigenvalue weighted by atomic mass is 19.4. The fraction of sp³-hybridized carbons (Fsp3) is 0.429. The van der Waals surface area contributed by atoms with Gasteiger partial charge in [0.2, 0.25) is 0 Å². The lowest BCUT2D eigenvalue weighted by molar-refractivity contribution is -0.142. The number of fused-ring (bicyclic) bond motifs is 1. The Morgan fingerprint density at radius 3 is 2.48 bits per heavy atom. The van der Waals surface area contributed by atoms with Crippen LogP contribution in [-0.2, 0) is 17.7 Å². The van der Waals surface area contributed by atoms with Crippen LogP contribution in [0, 0.1) is 0 Å². The number of dihydropyridines is 1. The van der Waals surface area contributed by atoms with E-state index in [0.29, 0.717) is 25.1 Å². The molecule has 0 bridgehead atoms. The molecule has 2 aliphatic rings. The van der Waals surface area contributed by atoms with E-state index in [1.807, 2.05) is 6.07 Å². The molecular weight excluding hydrogens is 385 g/mol. The Hall–Kier alpha value is -2.77. The van der Waals surface area contributed by atoms with Gasteiger partial charge in [0.1, 0.15) is 11.6 Å². The van der Waals surface area contributed by atoms with Crippen LogP contribution in [0.5, 0.6) is 0 Å². The van der Waals surface area contributed by atoms with Crippen LogP contribution in [0.2, 0.25) is 0 Å². The summed E-state index contributed by atoms with van der Waals surface area (Å²) in [5.41, 5.74) is 1.76. The normalized spacial score (nSPS) is 19.2. The maximum atomic E-state index is 12.7. The smallest absolute Gasteiger partial charge is 0.412 e. The lowest BCUT2D eigenvalue weighted by atomic mass is 9.94. The SMILES string of the molecule is CC(C)(C)OC(=O)N1CCc2ccc(C(=O)C3=CNC(C(F)(F)F)C=C3)cc2C1. The van der Waals surface area contributed by atoms with Gasteiger partial charge in [0, 0.05) is 30.4 Å². The van der Waals surface area contributed by atoms with E-state index < -0.39 is 23.9 Å². The molecule has 1 amide bonds. The number of Topliss-reactive ketones (excluding diaryl/α,β-unsaturated/α-hetero) is 1. The average Bonchev–Trinajstić information content (AvgIpc) is 2.64. The van der Waals surface area contributed by atoms with Crippen LogP contribution in [0.15, 0.2) is 42.1 Å². The third-order valence-corrected chi connectivity index (χ3v) is 4.63. The van der Waals surface area contributed by atoms with Gasteiger partial charge in [-0.2, -0.15) is 13.2 Å². The van der Waals surface area contributed by atoms with Crippen molar-refractivity contribution >= 4 is 11.9 Å². The van der Waals surface area contributed by atoms with Gasteiger partial charge in [-0.25, -0.2) is 4.79 Å². The molecule has 2 heterocycles. The largest absolute Gasteiger partial charge is 0.444 e. The zero-order chi connectivity index (χ0) is 21.4. The molecule has 3 rings (SSSR count). The second-order valence-electron chi connectivity index (χ2n) is 8.11. The number of carbonyl (C=O) groups is 2. The molecule has 29 heavy (non-hydrogen) atoms. The first-order chi connectivity index (χ1) is 13.4. The van der Waals surface area contributed by atoms with Crippen molar-refractivity contribution in [2.75, 3.05) is 6.54 Å². The fourth-order valence-electron chi connectivity index (χ4n) is 3.18. The fourth-order valence-corrected chi connectivity index (χ4v) is 3.18. The van der Waals surface area contributed by atoms with Gasteiger partial charge in [-0.3, -0.25) is 4.79 Å². The molecule has 1 aromatic carbocycles. The third kappa shape index (κ3) is 4.99. The molecule has 1 aromatic rings. The Morgan fingerprint density at radius 2 is 1.90 bits per heavy atom. The first-order valence-corrected chi connectivity index (χ1v) is 9.29. The maximum absolute atomic E-state index is 12.7. The Labute approximate surface area is 167 Å². The molecule has 1 atom stereocenters. The quantitative estimate of drug-likeness (QED) is 0.748. The number of nitrogens with one attached hydrogen (secondary N) is 1. The van der Waals surface area contributed by atoms with E-state index in [-0.39, 0.29) is 11.4 Å². The van der Waals surface area contributed by atoms with Crippen LogP contribution in [0.1, 0.15) is 42.3 Å². The molecule has 0 saturated heterocycles. The van der Waals surface area contributed by atoms with Crippen molar-refractivity contribution in [3.05, 3.63) is 58.8 Å². The Kier molecular flexibility index (Phi) is 5.47. The zero-order valence-corrected chi connectivity index (χ0v) is 16.5. The highest BCUT2D eigenvalue weighted by molar-refractivity contribution is 6.10. The Bertz CT molecular complexity index is 882. The van der Waals surface area contributed by atoms with Crippen LogP contribution in [-0.4, -0.2) is 41.1 Å². The van der Waals surface area contributed by atoms with Crippen LogP contribution in [0.3, 0.4) is 0 Å². The van der Waals surface area contributed by atoms with E-state index in [0.717, 1.165) is 23.4 Å². The van der Waals surface area contributed by atoms with Crippen molar-refractivity contribution in [2.45, 2.75) is 51.6 Å². The van der Waals surface area contributed by atoms with Gasteiger partial charge in [-0.05, 0) is 44.4 Å². The van der Waals surface area contributed by atoms with Crippen molar-refractivity contribution in [2.24, 2.45) is 0 Å². The summed E-state index contributed by atoms with van der Waals surface area (Å²) in [4.78, 5) is 26.6. The molecule has 0 spiro atoms. The Morgan fingerprint density at radius 1 is 1.17 bits per heavy atom. The molecule has 0 fully saturated rings. The topological polar surface area (TPSA) is 58.6 Å². The van der Waals surface area contributed by atoms with E-state index in [1.54, 1.807) is 37.8 Å². The number of nitrogens with zero attached hydrogens (tertiary/aromatic N) is 1. The van der Waals surface area contributed by atoms with Gasteiger partial charge in [0.05, 0.1) is 0 Å². The number of hydrogen-bond acceptors (Lipinski definition) is 4. The second kappa shape index (κ2) is 7.57. The van der Waals surface area contributed by atoms with Crippen LogP contribution < -0.4 is 5.32 Å². The number of benzene rings is 1. The number of ether oxygens (including phenoxy) is 1. The number of rotatable bonds is 2. The number of hydrogen-bond donors (Lipinski definition) is 1. The summed E-state index contributed by atoms with van der Waals surface area (Å²) >= 11 is 0. The van der Waals surface area contributed by atoms with Crippen LogP contribution in [0.25, 0.3) is 0 Å². The highest BCUT2D eigenvalue weighted by Gasteiger charge is 2.38. The van der Waals surface area contributed by atoms with E-state index in [2.05, 4.69) is 5.32 Å². The molecule has 0 aromatic heterocycles. The lowest BCUT2D eigenvalue weighted by Crippen LogP contribution is -2.40. The van der Waals surface area contributed by atoms with Gasteiger partial charge in [0.25, 0.3) is 0 Å². The molecule has 0 radical (unpaired) electrons. The summed E-state index contributed by atoms with van der Waals surface area (Å²) in [7, 11) is 0. The summed E-state index contributed by atoms with van der Waals surface area (Å²) in [6.45, 7) is 6.22. The van der Waals surface area contributed by atoms with E-state index >= 15 is 0 Å². The van der Waals surface area contributed by atoms with Crippen molar-refractivity contribution < 1.29 is 27.5 Å². The Balaban J connectivity index is 1.73. The van der Waals surface area contributed by atoms with Crippen LogP contribution in [0.4, 0.5) is 18.0 Å². The van der Waals surface area contributed by atoms with Crippen molar-refractivity contribution in [1.29, 1.82) is 0 Å². The van der Waals surface area contributed by atoms with E-state index in [9.17, 15) is 22.8 Å². The minimum absolute atomic E-state index is 0.144. The van der Waals surface area contributed by atoms with Gasteiger partial charge in [0.15, 0.2) is 5.78 Å². The molecule has 1 N–H and O–H groups in total. The minimum Gasteiger partial charge on any atom is -0.444 e. The van der Waals surface area contributed by atoms with Crippen LogP contribution >= 0.6 is 0 Å². The summed E-state index contributed by atoms with van der Waals surface area (Å²) in [6.07, 6.45) is -0.995. The number of amides is 1. The molecule has 0 saturated carbocycles. The van der Waals surface area contributed by atoms with E-state index in [1.165, 1.54) is 6.08 Å². The highest BCUT2D eigenvalue weighted by Crippen LogP contribution is 2.26. The van der Waals surface area contributed by atoms with Gasteiger partial charge < -0.3 is 15.0 Å². The predicted octanol–water partition coefficient (Wildman–Crippen LogP) is 4.14. The number of allylic oxidation sites excluding steroid dienone is 2. The molecule has 2 aliphatic heterocycles. The van der Waals surface area contributed by atoms with Gasteiger partial charge in [-0.1, -0.05) is 24.3 Å². The summed E-state index contributed by atoms with van der Waals surface area (Å²) in [5, 5.41) is 2.20. The summed E-state index contributed by atoms with van der Waals surface area (Å²) in [5.74, 6) is -0.383. The lowest BCUT2D eigenvalue weighted by Gasteiger charge is -2.31. The molecule has 156 valence electrons. The number of ketones is 1. The number of alkyl halides is 3. The van der Waals surface area contributed by atoms with Crippen molar-refractivity contribution in [3.8, 4) is 0 Å². The third-order valence-electron chi connectivity index (χ3n) is 4.63. The molecule has 5 nitrogen and oxygen atoms in total. The molecule has 0 aliphatic carbocycles. The molecule has 8 heteroatoms. The first-order valence-electron chi connectivity index (χ1n) is 9.29.